The van der Waals surface area contributed by atoms with Gasteiger partial charge in [0.15, 0.2) is 0 Å². The first-order valence-corrected chi connectivity index (χ1v) is 7.64. The van der Waals surface area contributed by atoms with Gasteiger partial charge in [-0.15, -0.1) is 0 Å². The summed E-state index contributed by atoms with van der Waals surface area (Å²) in [5.74, 6) is 0.663. The highest BCUT2D eigenvalue weighted by molar-refractivity contribution is 9.10. The van der Waals surface area contributed by atoms with Crippen LogP contribution in [0.5, 0.6) is 0 Å². The van der Waals surface area contributed by atoms with Crippen LogP contribution in [0.4, 0.5) is 0 Å². The fraction of sp³-hybridized carbons (Fsp3) is 0.600. The van der Waals surface area contributed by atoms with Crippen LogP contribution in [0.25, 0.3) is 0 Å². The third-order valence-electron chi connectivity index (χ3n) is 3.54. The maximum absolute atomic E-state index is 5.53. The molecule has 1 heterocycles. The maximum Gasteiger partial charge on any atom is 0.0510 e. The van der Waals surface area contributed by atoms with Crippen LogP contribution < -0.4 is 5.32 Å². The van der Waals surface area contributed by atoms with Crippen molar-refractivity contribution < 1.29 is 4.74 Å². The molecule has 0 saturated carbocycles. The summed E-state index contributed by atoms with van der Waals surface area (Å²) in [7, 11) is 0. The van der Waals surface area contributed by atoms with E-state index >= 15 is 0 Å². The van der Waals surface area contributed by atoms with Gasteiger partial charge in [0.05, 0.1) is 6.61 Å². The van der Waals surface area contributed by atoms with Gasteiger partial charge in [-0.2, -0.15) is 0 Å². The molecule has 1 fully saturated rings. The van der Waals surface area contributed by atoms with Gasteiger partial charge >= 0.3 is 0 Å². The first-order chi connectivity index (χ1) is 8.79. The summed E-state index contributed by atoms with van der Waals surface area (Å²) in [5, 5.41) is 3.68. The molecule has 2 unspecified atom stereocenters. The van der Waals surface area contributed by atoms with Crippen LogP contribution >= 0.6 is 15.9 Å². The Morgan fingerprint density at radius 3 is 3.06 bits per heavy atom. The van der Waals surface area contributed by atoms with Gasteiger partial charge in [-0.1, -0.05) is 35.0 Å². The monoisotopic (exact) mass is 311 g/mol. The molecule has 1 aromatic carbocycles. The third kappa shape index (κ3) is 4.08. The minimum atomic E-state index is 0.543. The van der Waals surface area contributed by atoms with E-state index in [1.54, 1.807) is 0 Å². The molecule has 18 heavy (non-hydrogen) atoms. The summed E-state index contributed by atoms with van der Waals surface area (Å²) in [6.07, 6.45) is 3.46. The van der Waals surface area contributed by atoms with Crippen molar-refractivity contribution in [3.63, 3.8) is 0 Å². The quantitative estimate of drug-likeness (QED) is 0.869. The molecule has 0 spiro atoms. The molecule has 2 rings (SSSR count). The van der Waals surface area contributed by atoms with Crippen LogP contribution in [0.1, 0.15) is 25.3 Å². The second-order valence-electron chi connectivity index (χ2n) is 5.02. The van der Waals surface area contributed by atoms with Crippen LogP contribution in [0.3, 0.4) is 0 Å². The Morgan fingerprint density at radius 2 is 2.39 bits per heavy atom. The number of hydrogen-bond acceptors (Lipinski definition) is 2. The molecule has 1 aliphatic heterocycles. The molecule has 1 saturated heterocycles. The highest BCUT2D eigenvalue weighted by Gasteiger charge is 2.25. The van der Waals surface area contributed by atoms with E-state index in [4.69, 9.17) is 4.74 Å². The number of nitrogens with one attached hydrogen (secondary N) is 1. The first kappa shape index (κ1) is 14.0. The zero-order valence-corrected chi connectivity index (χ0v) is 12.6. The molecule has 100 valence electrons. The Morgan fingerprint density at radius 1 is 1.50 bits per heavy atom. The zero-order valence-electron chi connectivity index (χ0n) is 11.0. The van der Waals surface area contributed by atoms with Gasteiger partial charge < -0.3 is 10.1 Å². The van der Waals surface area contributed by atoms with Gasteiger partial charge in [0.1, 0.15) is 0 Å². The molecule has 0 bridgehead atoms. The molecule has 1 aromatic rings. The topological polar surface area (TPSA) is 21.3 Å². The largest absolute Gasteiger partial charge is 0.381 e. The van der Waals surface area contributed by atoms with E-state index in [0.29, 0.717) is 12.0 Å². The Labute approximate surface area is 118 Å². The minimum Gasteiger partial charge on any atom is -0.381 e. The number of rotatable bonds is 6. The lowest BCUT2D eigenvalue weighted by Crippen LogP contribution is -2.38. The lowest BCUT2D eigenvalue weighted by Gasteiger charge is -2.24. The normalized spacial score (nSPS) is 21.1. The molecule has 0 amide bonds. The number of halogens is 1. The van der Waals surface area contributed by atoms with Gasteiger partial charge in [-0.05, 0) is 43.5 Å². The predicted molar refractivity (Wildman–Crippen MR) is 78.9 cm³/mol. The molecule has 2 atom stereocenters. The van der Waals surface area contributed by atoms with Crippen molar-refractivity contribution in [2.45, 2.75) is 32.2 Å². The van der Waals surface area contributed by atoms with Gasteiger partial charge in [-0.3, -0.25) is 0 Å². The number of hydrogen-bond donors (Lipinski definition) is 1. The van der Waals surface area contributed by atoms with Crippen molar-refractivity contribution in [2.75, 3.05) is 19.8 Å². The van der Waals surface area contributed by atoms with E-state index in [1.165, 1.54) is 18.4 Å². The molecule has 0 aliphatic carbocycles. The highest BCUT2D eigenvalue weighted by Crippen LogP contribution is 2.21. The van der Waals surface area contributed by atoms with E-state index in [2.05, 4.69) is 52.4 Å². The molecule has 1 N–H and O–H groups in total. The molecule has 0 radical (unpaired) electrons. The second kappa shape index (κ2) is 7.27. The smallest absolute Gasteiger partial charge is 0.0510 e. The fourth-order valence-electron chi connectivity index (χ4n) is 2.52. The molecule has 1 aliphatic rings. The highest BCUT2D eigenvalue weighted by atomic mass is 79.9. The van der Waals surface area contributed by atoms with Gasteiger partial charge in [0.25, 0.3) is 0 Å². The van der Waals surface area contributed by atoms with Gasteiger partial charge in [0, 0.05) is 23.0 Å². The summed E-state index contributed by atoms with van der Waals surface area (Å²) >= 11 is 3.54. The Bertz CT molecular complexity index is 363. The predicted octanol–water partition coefficient (Wildman–Crippen LogP) is 3.40. The summed E-state index contributed by atoms with van der Waals surface area (Å²) in [5.41, 5.74) is 1.39. The van der Waals surface area contributed by atoms with Crippen molar-refractivity contribution >= 4 is 15.9 Å². The van der Waals surface area contributed by atoms with E-state index in [9.17, 15) is 0 Å². The van der Waals surface area contributed by atoms with Crippen LogP contribution in [0, 0.1) is 5.92 Å². The van der Waals surface area contributed by atoms with Crippen LogP contribution in [-0.2, 0) is 11.2 Å². The molecular weight excluding hydrogens is 290 g/mol. The summed E-state index contributed by atoms with van der Waals surface area (Å²) in [6.45, 7) is 5.15. The third-order valence-corrected chi connectivity index (χ3v) is 4.03. The van der Waals surface area contributed by atoms with E-state index in [-0.39, 0.29) is 0 Å². The Hall–Kier alpha value is -0.380. The van der Waals surface area contributed by atoms with E-state index < -0.39 is 0 Å². The second-order valence-corrected chi connectivity index (χ2v) is 5.93. The van der Waals surface area contributed by atoms with E-state index in [0.717, 1.165) is 30.7 Å². The summed E-state index contributed by atoms with van der Waals surface area (Å²) in [4.78, 5) is 0. The maximum atomic E-state index is 5.53. The average molecular weight is 312 g/mol. The first-order valence-electron chi connectivity index (χ1n) is 6.85. The molecular formula is C15H22BrNO. The van der Waals surface area contributed by atoms with Gasteiger partial charge in [-0.25, -0.2) is 0 Å². The number of benzene rings is 1. The molecule has 0 aromatic heterocycles. The van der Waals surface area contributed by atoms with Gasteiger partial charge in [0.2, 0.25) is 0 Å². The lowest BCUT2D eigenvalue weighted by atomic mass is 9.93. The Balaban J connectivity index is 1.99. The van der Waals surface area contributed by atoms with Crippen molar-refractivity contribution in [3.05, 3.63) is 34.3 Å². The fourth-order valence-corrected chi connectivity index (χ4v) is 2.97. The summed E-state index contributed by atoms with van der Waals surface area (Å²) in [6, 6.07) is 9.16. The summed E-state index contributed by atoms with van der Waals surface area (Å²) < 4.78 is 6.69. The van der Waals surface area contributed by atoms with Crippen LogP contribution in [0.2, 0.25) is 0 Å². The van der Waals surface area contributed by atoms with Crippen molar-refractivity contribution in [1.82, 2.24) is 5.32 Å². The molecule has 3 heteroatoms. The average Bonchev–Trinajstić information content (AvgIpc) is 2.88. The van der Waals surface area contributed by atoms with Crippen molar-refractivity contribution in [2.24, 2.45) is 5.92 Å². The van der Waals surface area contributed by atoms with Crippen molar-refractivity contribution in [3.8, 4) is 0 Å². The lowest BCUT2D eigenvalue weighted by molar-refractivity contribution is 0.176. The molecule has 2 nitrogen and oxygen atoms in total. The SMILES string of the molecule is CCCNC(Cc1cccc(Br)c1)C1CCOC1. The Kier molecular flexibility index (Phi) is 5.67. The number of ether oxygens (including phenoxy) is 1. The van der Waals surface area contributed by atoms with E-state index in [1.807, 2.05) is 0 Å². The van der Waals surface area contributed by atoms with Crippen LogP contribution in [-0.4, -0.2) is 25.8 Å². The standard InChI is InChI=1S/C15H22BrNO/c1-2-7-17-15(13-6-8-18-11-13)10-12-4-3-5-14(16)9-12/h3-5,9,13,15,17H,2,6-8,10-11H2,1H3. The minimum absolute atomic E-state index is 0.543. The zero-order chi connectivity index (χ0) is 12.8. The van der Waals surface area contributed by atoms with Crippen molar-refractivity contribution in [1.29, 1.82) is 0 Å². The van der Waals surface area contributed by atoms with Crippen LogP contribution in [0.15, 0.2) is 28.7 Å².